The highest BCUT2D eigenvalue weighted by molar-refractivity contribution is 5.78. The summed E-state index contributed by atoms with van der Waals surface area (Å²) in [6.45, 7) is 2.08. The van der Waals surface area contributed by atoms with E-state index in [9.17, 15) is 9.90 Å². The molecule has 2 atom stereocenters. The first-order chi connectivity index (χ1) is 4.97. The first kappa shape index (κ1) is 8.49. The number of carboxylic acid groups (broad SMARTS) is 1. The van der Waals surface area contributed by atoms with Crippen molar-refractivity contribution in [2.45, 2.75) is 25.0 Å². The molecule has 0 aromatic rings. The molecule has 0 bridgehead atoms. The molecule has 0 aliphatic carbocycles. The molecule has 64 valence electrons. The van der Waals surface area contributed by atoms with Gasteiger partial charge < -0.3 is 10.2 Å². The number of rotatable bonds is 1. The highest BCUT2D eigenvalue weighted by atomic mass is 16.4. The van der Waals surface area contributed by atoms with Gasteiger partial charge in [-0.25, -0.2) is 0 Å². The third-order valence-electron chi connectivity index (χ3n) is 2.42. The second kappa shape index (κ2) is 2.46. The molecule has 0 spiro atoms. The Balaban J connectivity index is 2.79. The van der Waals surface area contributed by atoms with E-state index in [4.69, 9.17) is 5.11 Å². The zero-order chi connectivity index (χ0) is 8.65. The van der Waals surface area contributed by atoms with Crippen LogP contribution >= 0.6 is 0 Å². The molecule has 4 heteroatoms. The van der Waals surface area contributed by atoms with Gasteiger partial charge in [-0.2, -0.15) is 0 Å². The number of aliphatic hydroxyl groups excluding tert-OH is 1. The molecule has 4 nitrogen and oxygen atoms in total. The lowest BCUT2D eigenvalue weighted by Gasteiger charge is -2.26. The minimum Gasteiger partial charge on any atom is -0.480 e. The first-order valence-corrected chi connectivity index (χ1v) is 3.59. The summed E-state index contributed by atoms with van der Waals surface area (Å²) in [5.41, 5.74) is -0.876. The zero-order valence-electron chi connectivity index (χ0n) is 6.74. The third kappa shape index (κ3) is 1.23. The molecule has 1 aliphatic heterocycles. The van der Waals surface area contributed by atoms with E-state index in [0.29, 0.717) is 13.0 Å². The highest BCUT2D eigenvalue weighted by Crippen LogP contribution is 2.27. The van der Waals surface area contributed by atoms with Crippen molar-refractivity contribution in [3.05, 3.63) is 0 Å². The standard InChI is InChI=1S/C7H13NO3/c1-7(6(10)11)3-5(9)4-8(7)2/h5,9H,3-4H2,1-2H3,(H,10,11)/t5-,7-/m0/s1. The normalized spacial score (nSPS) is 39.4. The number of aliphatic carboxylic acids is 1. The fourth-order valence-corrected chi connectivity index (χ4v) is 1.45. The lowest BCUT2D eigenvalue weighted by atomic mass is 9.99. The van der Waals surface area contributed by atoms with Gasteiger partial charge in [0.2, 0.25) is 0 Å². The van der Waals surface area contributed by atoms with E-state index in [1.807, 2.05) is 0 Å². The van der Waals surface area contributed by atoms with Crippen LogP contribution in [0.15, 0.2) is 0 Å². The molecule has 1 fully saturated rings. The predicted octanol–water partition coefficient (Wildman–Crippen LogP) is -0.474. The second-order valence-electron chi connectivity index (χ2n) is 3.32. The number of hydrogen-bond donors (Lipinski definition) is 2. The molecule has 0 aromatic carbocycles. The maximum atomic E-state index is 10.7. The SMILES string of the molecule is CN1C[C@@H](O)C[C@@]1(C)C(=O)O. The van der Waals surface area contributed by atoms with Crippen molar-refractivity contribution in [3.63, 3.8) is 0 Å². The number of carbonyl (C=O) groups is 1. The van der Waals surface area contributed by atoms with Gasteiger partial charge >= 0.3 is 5.97 Å². The van der Waals surface area contributed by atoms with Gasteiger partial charge in [-0.05, 0) is 14.0 Å². The Bertz CT molecular complexity index is 183. The van der Waals surface area contributed by atoms with Crippen molar-refractivity contribution in [2.24, 2.45) is 0 Å². The number of aliphatic hydroxyl groups is 1. The molecule has 1 rings (SSSR count). The molecule has 0 unspecified atom stereocenters. The van der Waals surface area contributed by atoms with Crippen molar-refractivity contribution in [2.75, 3.05) is 13.6 Å². The van der Waals surface area contributed by atoms with Gasteiger partial charge in [0.15, 0.2) is 0 Å². The van der Waals surface area contributed by atoms with Crippen LogP contribution in [0.3, 0.4) is 0 Å². The van der Waals surface area contributed by atoms with Gasteiger partial charge in [0.05, 0.1) is 6.10 Å². The van der Waals surface area contributed by atoms with Crippen molar-refractivity contribution >= 4 is 5.97 Å². The van der Waals surface area contributed by atoms with Crippen molar-refractivity contribution < 1.29 is 15.0 Å². The Morgan fingerprint density at radius 3 is 2.45 bits per heavy atom. The van der Waals surface area contributed by atoms with Crippen molar-refractivity contribution in [1.29, 1.82) is 0 Å². The Labute approximate surface area is 65.4 Å². The number of likely N-dealkylation sites (tertiary alicyclic amines) is 1. The topological polar surface area (TPSA) is 60.8 Å². The maximum absolute atomic E-state index is 10.7. The fraction of sp³-hybridized carbons (Fsp3) is 0.857. The summed E-state index contributed by atoms with van der Waals surface area (Å²) < 4.78 is 0. The Morgan fingerprint density at radius 1 is 1.73 bits per heavy atom. The van der Waals surface area contributed by atoms with Gasteiger partial charge in [0, 0.05) is 13.0 Å². The first-order valence-electron chi connectivity index (χ1n) is 3.59. The van der Waals surface area contributed by atoms with E-state index >= 15 is 0 Å². The summed E-state index contributed by atoms with van der Waals surface area (Å²) >= 11 is 0. The van der Waals surface area contributed by atoms with E-state index in [1.165, 1.54) is 0 Å². The zero-order valence-corrected chi connectivity index (χ0v) is 6.74. The van der Waals surface area contributed by atoms with Crippen LogP contribution in [0, 0.1) is 0 Å². The van der Waals surface area contributed by atoms with Crippen LogP contribution in [-0.4, -0.2) is 46.3 Å². The molecular formula is C7H13NO3. The van der Waals surface area contributed by atoms with E-state index < -0.39 is 17.6 Å². The summed E-state index contributed by atoms with van der Waals surface area (Å²) in [7, 11) is 1.71. The van der Waals surface area contributed by atoms with Crippen LogP contribution in [0.25, 0.3) is 0 Å². The van der Waals surface area contributed by atoms with Gasteiger partial charge in [-0.15, -0.1) is 0 Å². The van der Waals surface area contributed by atoms with Crippen LogP contribution in [0.4, 0.5) is 0 Å². The number of β-amino-alcohol motifs (C(OH)–C–C–N with tert-alkyl or cyclic N) is 1. The average molecular weight is 159 g/mol. The molecule has 0 radical (unpaired) electrons. The smallest absolute Gasteiger partial charge is 0.323 e. The molecule has 0 aromatic heterocycles. The minimum atomic E-state index is -0.876. The molecule has 1 aliphatic rings. The molecule has 2 N–H and O–H groups in total. The van der Waals surface area contributed by atoms with Crippen LogP contribution in [0.2, 0.25) is 0 Å². The predicted molar refractivity (Wildman–Crippen MR) is 39.3 cm³/mol. The third-order valence-corrected chi connectivity index (χ3v) is 2.42. The number of hydrogen-bond acceptors (Lipinski definition) is 3. The quantitative estimate of drug-likeness (QED) is 0.543. The fourth-order valence-electron chi connectivity index (χ4n) is 1.45. The van der Waals surface area contributed by atoms with E-state index in [1.54, 1.807) is 18.9 Å². The molecule has 1 heterocycles. The average Bonchev–Trinajstić information content (AvgIpc) is 2.08. The summed E-state index contributed by atoms with van der Waals surface area (Å²) in [6, 6.07) is 0. The molecule has 0 saturated carbocycles. The van der Waals surface area contributed by atoms with Gasteiger partial charge in [0.1, 0.15) is 5.54 Å². The van der Waals surface area contributed by atoms with Gasteiger partial charge in [0.25, 0.3) is 0 Å². The molecule has 1 saturated heterocycles. The Hall–Kier alpha value is -0.610. The largest absolute Gasteiger partial charge is 0.480 e. The molecular weight excluding hydrogens is 146 g/mol. The Morgan fingerprint density at radius 2 is 2.27 bits per heavy atom. The Kier molecular flexibility index (Phi) is 1.90. The van der Waals surface area contributed by atoms with Gasteiger partial charge in [-0.1, -0.05) is 0 Å². The lowest BCUT2D eigenvalue weighted by Crippen LogP contribution is -2.45. The van der Waals surface area contributed by atoms with Crippen LogP contribution in [0.1, 0.15) is 13.3 Å². The molecule has 0 amide bonds. The molecule has 11 heavy (non-hydrogen) atoms. The minimum absolute atomic E-state index is 0.318. The number of carboxylic acids is 1. The van der Waals surface area contributed by atoms with E-state index in [-0.39, 0.29) is 0 Å². The number of likely N-dealkylation sites (N-methyl/N-ethyl adjacent to an activating group) is 1. The van der Waals surface area contributed by atoms with Crippen LogP contribution in [-0.2, 0) is 4.79 Å². The number of nitrogens with zero attached hydrogens (tertiary/aromatic N) is 1. The lowest BCUT2D eigenvalue weighted by molar-refractivity contribution is -0.147. The van der Waals surface area contributed by atoms with Crippen molar-refractivity contribution in [3.8, 4) is 0 Å². The van der Waals surface area contributed by atoms with E-state index in [0.717, 1.165) is 0 Å². The summed E-state index contributed by atoms with van der Waals surface area (Å²) in [5.74, 6) is -0.864. The maximum Gasteiger partial charge on any atom is 0.323 e. The highest BCUT2D eigenvalue weighted by Gasteiger charge is 2.45. The summed E-state index contributed by atoms with van der Waals surface area (Å²) in [5, 5.41) is 18.0. The van der Waals surface area contributed by atoms with E-state index in [2.05, 4.69) is 0 Å². The van der Waals surface area contributed by atoms with Crippen molar-refractivity contribution in [1.82, 2.24) is 4.90 Å². The van der Waals surface area contributed by atoms with Crippen LogP contribution in [0.5, 0.6) is 0 Å². The second-order valence-corrected chi connectivity index (χ2v) is 3.32. The summed E-state index contributed by atoms with van der Waals surface area (Å²) in [4.78, 5) is 12.4. The van der Waals surface area contributed by atoms with Gasteiger partial charge in [-0.3, -0.25) is 9.69 Å². The summed E-state index contributed by atoms with van der Waals surface area (Å²) in [6.07, 6.45) is -0.181. The van der Waals surface area contributed by atoms with Crippen LogP contribution < -0.4 is 0 Å². The monoisotopic (exact) mass is 159 g/mol.